The number of aryl methyl sites for hydroxylation is 1. The molecule has 0 aliphatic heterocycles. The van der Waals surface area contributed by atoms with Crippen LogP contribution in [0.5, 0.6) is 0 Å². The highest BCUT2D eigenvalue weighted by Gasteiger charge is 2.50. The lowest BCUT2D eigenvalue weighted by Gasteiger charge is -2.56. The van der Waals surface area contributed by atoms with Gasteiger partial charge in [0.2, 0.25) is 0 Å². The van der Waals surface area contributed by atoms with Gasteiger partial charge in [-0.25, -0.2) is 0 Å². The lowest BCUT2D eigenvalue weighted by molar-refractivity contribution is -0.0475. The monoisotopic (exact) mass is 272 g/mol. The molecule has 0 spiro atoms. The third kappa shape index (κ3) is 2.04. The summed E-state index contributed by atoms with van der Waals surface area (Å²) in [5, 5.41) is 3.48. The minimum absolute atomic E-state index is 0.733. The van der Waals surface area contributed by atoms with Crippen molar-refractivity contribution in [3.63, 3.8) is 0 Å². The van der Waals surface area contributed by atoms with Crippen molar-refractivity contribution in [1.82, 2.24) is 9.88 Å². The summed E-state index contributed by atoms with van der Waals surface area (Å²) in [4.78, 5) is 0. The molecule has 4 fully saturated rings. The van der Waals surface area contributed by atoms with E-state index >= 15 is 0 Å². The van der Waals surface area contributed by atoms with Crippen LogP contribution in [0.3, 0.4) is 0 Å². The van der Waals surface area contributed by atoms with Gasteiger partial charge in [0.15, 0.2) is 0 Å². The molecule has 0 saturated heterocycles. The van der Waals surface area contributed by atoms with E-state index < -0.39 is 0 Å². The average molecular weight is 272 g/mol. The second-order valence-electron chi connectivity index (χ2n) is 7.78. The van der Waals surface area contributed by atoms with Crippen molar-refractivity contribution in [2.75, 3.05) is 13.6 Å². The molecule has 4 aliphatic rings. The second kappa shape index (κ2) is 4.91. The van der Waals surface area contributed by atoms with E-state index in [9.17, 15) is 0 Å². The van der Waals surface area contributed by atoms with E-state index in [2.05, 4.69) is 42.4 Å². The van der Waals surface area contributed by atoms with Gasteiger partial charge in [-0.2, -0.15) is 0 Å². The fraction of sp³-hybridized carbons (Fsp3) is 0.778. The molecule has 1 unspecified atom stereocenters. The maximum Gasteiger partial charge on any atom is 0.0106 e. The minimum atomic E-state index is 0.733. The van der Waals surface area contributed by atoms with Crippen molar-refractivity contribution < 1.29 is 0 Å². The molecule has 20 heavy (non-hydrogen) atoms. The predicted molar refractivity (Wildman–Crippen MR) is 82.6 cm³/mol. The average Bonchev–Trinajstić information content (AvgIpc) is 2.83. The van der Waals surface area contributed by atoms with Crippen LogP contribution in [0.25, 0.3) is 0 Å². The van der Waals surface area contributed by atoms with Gasteiger partial charge in [-0.15, -0.1) is 0 Å². The Kier molecular flexibility index (Phi) is 3.17. The Morgan fingerprint density at radius 3 is 2.30 bits per heavy atom. The zero-order chi connectivity index (χ0) is 13.7. The molecule has 110 valence electrons. The summed E-state index contributed by atoms with van der Waals surface area (Å²) in [6, 6.07) is 2.35. The lowest BCUT2D eigenvalue weighted by atomic mass is 9.49. The highest BCUT2D eigenvalue weighted by atomic mass is 14.9. The highest BCUT2D eigenvalue weighted by molar-refractivity contribution is 5.20. The number of hydrogen-bond acceptors (Lipinski definition) is 1. The molecular weight excluding hydrogens is 244 g/mol. The molecule has 0 aromatic carbocycles. The molecule has 4 saturated carbocycles. The molecule has 2 nitrogen and oxygen atoms in total. The summed E-state index contributed by atoms with van der Waals surface area (Å²) in [6.45, 7) is 1.15. The van der Waals surface area contributed by atoms with Crippen LogP contribution in [0, 0.1) is 29.6 Å². The summed E-state index contributed by atoms with van der Waals surface area (Å²) < 4.78 is 2.22. The van der Waals surface area contributed by atoms with Crippen molar-refractivity contribution in [3.05, 3.63) is 24.0 Å². The van der Waals surface area contributed by atoms with Crippen molar-refractivity contribution >= 4 is 0 Å². The smallest absolute Gasteiger partial charge is 0.0106 e. The van der Waals surface area contributed by atoms with Crippen molar-refractivity contribution in [2.45, 2.75) is 38.0 Å². The fourth-order valence-corrected chi connectivity index (χ4v) is 6.06. The van der Waals surface area contributed by atoms with Crippen molar-refractivity contribution in [2.24, 2.45) is 36.6 Å². The molecule has 0 radical (unpaired) electrons. The number of nitrogens with zero attached hydrogens (tertiary/aromatic N) is 1. The van der Waals surface area contributed by atoms with Gasteiger partial charge in [-0.1, -0.05) is 0 Å². The number of hydrogen-bond donors (Lipinski definition) is 1. The first-order valence-corrected chi connectivity index (χ1v) is 8.51. The first-order chi connectivity index (χ1) is 9.74. The van der Waals surface area contributed by atoms with Gasteiger partial charge in [0.25, 0.3) is 0 Å². The Morgan fingerprint density at radius 1 is 1.15 bits per heavy atom. The molecule has 1 N–H and O–H groups in total. The zero-order valence-electron chi connectivity index (χ0n) is 12.9. The highest BCUT2D eigenvalue weighted by Crippen LogP contribution is 2.59. The third-order valence-electron chi connectivity index (χ3n) is 6.47. The molecule has 1 aromatic heterocycles. The van der Waals surface area contributed by atoms with Gasteiger partial charge in [0, 0.05) is 31.9 Å². The quantitative estimate of drug-likeness (QED) is 0.889. The van der Waals surface area contributed by atoms with E-state index in [0.717, 1.165) is 42.1 Å². The first-order valence-electron chi connectivity index (χ1n) is 8.51. The molecule has 2 heteroatoms. The summed E-state index contributed by atoms with van der Waals surface area (Å²) >= 11 is 0. The summed E-state index contributed by atoms with van der Waals surface area (Å²) in [6.07, 6.45) is 12.3. The largest absolute Gasteiger partial charge is 0.357 e. The molecule has 0 amide bonds. The Bertz CT molecular complexity index is 448. The van der Waals surface area contributed by atoms with Gasteiger partial charge >= 0.3 is 0 Å². The standard InChI is InChI=1S/C18H28N2/c1-19-10-17(14-3-4-20(2)11-14)18-15-6-12-5-13(8-15)9-16(18)7-12/h3-4,11-13,15-19H,5-10H2,1-2H3. The van der Waals surface area contributed by atoms with E-state index in [4.69, 9.17) is 0 Å². The number of aromatic nitrogens is 1. The molecule has 4 bridgehead atoms. The molecule has 4 aliphatic carbocycles. The Morgan fingerprint density at radius 2 is 1.80 bits per heavy atom. The maximum absolute atomic E-state index is 3.48. The van der Waals surface area contributed by atoms with Crippen LogP contribution in [0.2, 0.25) is 0 Å². The number of likely N-dealkylation sites (N-methyl/N-ethyl adjacent to an activating group) is 1. The summed E-state index contributed by atoms with van der Waals surface area (Å²) in [5.74, 6) is 5.88. The van der Waals surface area contributed by atoms with Crippen LogP contribution < -0.4 is 5.32 Å². The first kappa shape index (κ1) is 12.9. The van der Waals surface area contributed by atoms with Crippen molar-refractivity contribution in [1.29, 1.82) is 0 Å². The van der Waals surface area contributed by atoms with Gasteiger partial charge in [0.1, 0.15) is 0 Å². The third-order valence-corrected chi connectivity index (χ3v) is 6.47. The minimum Gasteiger partial charge on any atom is -0.357 e. The molecule has 1 atom stereocenters. The SMILES string of the molecule is CNCC(c1ccn(C)c1)C1C2CC3CC(C2)CC1C3. The van der Waals surface area contributed by atoms with Crippen LogP contribution in [0.1, 0.15) is 43.6 Å². The predicted octanol–water partition coefficient (Wildman–Crippen LogP) is 3.40. The molecule has 5 rings (SSSR count). The van der Waals surface area contributed by atoms with E-state index in [1.165, 1.54) is 25.7 Å². The fourth-order valence-electron chi connectivity index (χ4n) is 6.06. The van der Waals surface area contributed by atoms with Crippen molar-refractivity contribution in [3.8, 4) is 0 Å². The topological polar surface area (TPSA) is 17.0 Å². The number of nitrogens with one attached hydrogen (secondary N) is 1. The molecule has 1 heterocycles. The van der Waals surface area contributed by atoms with Gasteiger partial charge in [-0.3, -0.25) is 0 Å². The molecule has 1 aromatic rings. The van der Waals surface area contributed by atoms with Crippen LogP contribution in [-0.2, 0) is 7.05 Å². The van der Waals surface area contributed by atoms with E-state index in [-0.39, 0.29) is 0 Å². The number of rotatable bonds is 4. The van der Waals surface area contributed by atoms with E-state index in [1.807, 2.05) is 0 Å². The van der Waals surface area contributed by atoms with Gasteiger partial charge in [-0.05, 0) is 80.4 Å². The molecular formula is C18H28N2. The van der Waals surface area contributed by atoms with Crippen LogP contribution in [-0.4, -0.2) is 18.2 Å². The van der Waals surface area contributed by atoms with Crippen LogP contribution in [0.15, 0.2) is 18.5 Å². The Labute approximate surface area is 122 Å². The Balaban J connectivity index is 1.63. The lowest BCUT2D eigenvalue weighted by Crippen LogP contribution is -2.48. The Hall–Kier alpha value is -0.760. The second-order valence-corrected chi connectivity index (χ2v) is 7.78. The summed E-state index contributed by atoms with van der Waals surface area (Å²) in [5.41, 5.74) is 1.57. The normalized spacial score (nSPS) is 40.2. The van der Waals surface area contributed by atoms with Crippen LogP contribution >= 0.6 is 0 Å². The van der Waals surface area contributed by atoms with Gasteiger partial charge < -0.3 is 9.88 Å². The van der Waals surface area contributed by atoms with E-state index in [1.54, 1.807) is 12.0 Å². The zero-order valence-corrected chi connectivity index (χ0v) is 12.9. The van der Waals surface area contributed by atoms with Gasteiger partial charge in [0.05, 0.1) is 0 Å². The van der Waals surface area contributed by atoms with Crippen LogP contribution in [0.4, 0.5) is 0 Å². The summed E-state index contributed by atoms with van der Waals surface area (Å²) in [7, 11) is 4.27. The van der Waals surface area contributed by atoms with E-state index in [0.29, 0.717) is 0 Å². The maximum atomic E-state index is 3.48.